The van der Waals surface area contributed by atoms with E-state index >= 15 is 0 Å². The number of ether oxygens (including phenoxy) is 1. The van der Waals surface area contributed by atoms with Crippen LogP contribution < -0.4 is 5.32 Å². The van der Waals surface area contributed by atoms with Crippen LogP contribution in [0.2, 0.25) is 0 Å². The average Bonchev–Trinajstić information content (AvgIpc) is 2.31. The Morgan fingerprint density at radius 1 is 1.20 bits per heavy atom. The van der Waals surface area contributed by atoms with Crippen LogP contribution in [0, 0.1) is 0 Å². The lowest BCUT2D eigenvalue weighted by Crippen LogP contribution is -2.41. The summed E-state index contributed by atoms with van der Waals surface area (Å²) in [4.78, 5) is 0. The average molecular weight is 352 g/mol. The van der Waals surface area contributed by atoms with E-state index in [-0.39, 0.29) is 6.61 Å². The van der Waals surface area contributed by atoms with Crippen molar-refractivity contribution in [2.24, 2.45) is 0 Å². The smallest absolute Gasteiger partial charge is 0.371 e. The van der Waals surface area contributed by atoms with Crippen molar-refractivity contribution in [1.82, 2.24) is 5.32 Å². The molecule has 1 N–H and O–H groups in total. The van der Waals surface area contributed by atoms with Crippen LogP contribution in [0.1, 0.15) is 24.3 Å². The minimum atomic E-state index is -4.23. The molecular weight excluding hydrogens is 335 g/mol. The zero-order chi connectivity index (χ0) is 14.6. The number of nitrogens with one attached hydrogen (secondary N) is 1. The Kier molecular flexibility index (Phi) is 5.46. The van der Waals surface area contributed by atoms with Gasteiger partial charge in [0, 0.05) is 17.1 Å². The molecule has 0 saturated heterocycles. The molecule has 112 valence electrons. The topological polar surface area (TPSA) is 21.3 Å². The molecule has 1 fully saturated rings. The van der Waals surface area contributed by atoms with Crippen molar-refractivity contribution < 1.29 is 17.9 Å². The standard InChI is InChI=1S/C14H17BrF3NO/c15-12-3-1-10(2-4-12)11-7-13(8-11)19-5-6-20-9-14(16,17)18/h1-4,11,13,19H,5-9H2. The van der Waals surface area contributed by atoms with Crippen molar-refractivity contribution in [3.63, 3.8) is 0 Å². The molecule has 0 aliphatic heterocycles. The molecule has 1 aromatic rings. The van der Waals surface area contributed by atoms with Gasteiger partial charge in [0.15, 0.2) is 0 Å². The molecule has 0 unspecified atom stereocenters. The first-order valence-corrected chi connectivity index (χ1v) is 7.37. The van der Waals surface area contributed by atoms with E-state index in [1.165, 1.54) is 5.56 Å². The van der Waals surface area contributed by atoms with Gasteiger partial charge in [-0.15, -0.1) is 0 Å². The highest BCUT2D eigenvalue weighted by molar-refractivity contribution is 9.10. The maximum absolute atomic E-state index is 11.8. The number of benzene rings is 1. The van der Waals surface area contributed by atoms with Crippen molar-refractivity contribution in [3.8, 4) is 0 Å². The molecule has 2 nitrogen and oxygen atoms in total. The van der Waals surface area contributed by atoms with Gasteiger partial charge in [-0.1, -0.05) is 28.1 Å². The van der Waals surface area contributed by atoms with E-state index in [9.17, 15) is 13.2 Å². The zero-order valence-electron chi connectivity index (χ0n) is 10.9. The number of halogens is 4. The van der Waals surface area contributed by atoms with E-state index < -0.39 is 12.8 Å². The minimum Gasteiger partial charge on any atom is -0.371 e. The molecule has 0 atom stereocenters. The highest BCUT2D eigenvalue weighted by Crippen LogP contribution is 2.37. The van der Waals surface area contributed by atoms with E-state index in [1.807, 2.05) is 12.1 Å². The van der Waals surface area contributed by atoms with Gasteiger partial charge < -0.3 is 10.1 Å². The number of hydrogen-bond donors (Lipinski definition) is 1. The summed E-state index contributed by atoms with van der Waals surface area (Å²) in [5, 5.41) is 3.21. The van der Waals surface area contributed by atoms with Gasteiger partial charge in [-0.05, 0) is 36.5 Å². The summed E-state index contributed by atoms with van der Waals surface area (Å²) >= 11 is 3.40. The second kappa shape index (κ2) is 6.91. The second-order valence-electron chi connectivity index (χ2n) is 5.04. The van der Waals surface area contributed by atoms with E-state index in [0.29, 0.717) is 18.5 Å². The molecule has 2 rings (SSSR count). The third-order valence-corrected chi connectivity index (χ3v) is 3.95. The molecule has 6 heteroatoms. The van der Waals surface area contributed by atoms with Gasteiger partial charge in [-0.3, -0.25) is 0 Å². The predicted octanol–water partition coefficient (Wildman–Crippen LogP) is 3.86. The van der Waals surface area contributed by atoms with Crippen LogP contribution in [0.5, 0.6) is 0 Å². The normalized spacial score (nSPS) is 22.6. The van der Waals surface area contributed by atoms with Gasteiger partial charge >= 0.3 is 6.18 Å². The Hall–Kier alpha value is -0.590. The lowest BCUT2D eigenvalue weighted by atomic mass is 9.76. The van der Waals surface area contributed by atoms with Crippen LogP contribution in [0.15, 0.2) is 28.7 Å². The van der Waals surface area contributed by atoms with Gasteiger partial charge in [0.05, 0.1) is 6.61 Å². The van der Waals surface area contributed by atoms with Crippen LogP contribution in [0.25, 0.3) is 0 Å². The van der Waals surface area contributed by atoms with Crippen LogP contribution in [-0.2, 0) is 4.74 Å². The third-order valence-electron chi connectivity index (χ3n) is 3.42. The fraction of sp³-hybridized carbons (Fsp3) is 0.571. The summed E-state index contributed by atoms with van der Waals surface area (Å²) in [7, 11) is 0. The maximum Gasteiger partial charge on any atom is 0.411 e. The van der Waals surface area contributed by atoms with E-state index in [0.717, 1.165) is 17.3 Å². The molecular formula is C14H17BrF3NO. The van der Waals surface area contributed by atoms with Gasteiger partial charge in [0.1, 0.15) is 6.61 Å². The molecule has 0 heterocycles. The van der Waals surface area contributed by atoms with Gasteiger partial charge in [-0.25, -0.2) is 0 Å². The second-order valence-corrected chi connectivity index (χ2v) is 5.95. The van der Waals surface area contributed by atoms with Crippen LogP contribution in [0.4, 0.5) is 13.2 Å². The van der Waals surface area contributed by atoms with Crippen molar-refractivity contribution in [1.29, 1.82) is 0 Å². The quantitative estimate of drug-likeness (QED) is 0.785. The molecule has 1 aromatic carbocycles. The molecule has 0 spiro atoms. The number of alkyl halides is 3. The van der Waals surface area contributed by atoms with E-state index in [1.54, 1.807) is 0 Å². The highest BCUT2D eigenvalue weighted by atomic mass is 79.9. The summed E-state index contributed by atoms with van der Waals surface area (Å²) < 4.78 is 41.1. The van der Waals surface area contributed by atoms with E-state index in [4.69, 9.17) is 0 Å². The maximum atomic E-state index is 11.8. The van der Waals surface area contributed by atoms with Gasteiger partial charge in [0.25, 0.3) is 0 Å². The highest BCUT2D eigenvalue weighted by Gasteiger charge is 2.30. The first kappa shape index (κ1) is 15.8. The first-order chi connectivity index (χ1) is 9.44. The van der Waals surface area contributed by atoms with Crippen molar-refractivity contribution >= 4 is 15.9 Å². The zero-order valence-corrected chi connectivity index (χ0v) is 12.5. The van der Waals surface area contributed by atoms with Crippen molar-refractivity contribution in [2.45, 2.75) is 31.0 Å². The molecule has 1 aliphatic carbocycles. The Morgan fingerprint density at radius 3 is 2.45 bits per heavy atom. The molecule has 0 radical (unpaired) electrons. The molecule has 0 aromatic heterocycles. The Balaban J connectivity index is 1.57. The SMILES string of the molecule is FC(F)(F)COCCNC1CC(c2ccc(Br)cc2)C1. The summed E-state index contributed by atoms with van der Waals surface area (Å²) in [6, 6.07) is 8.66. The van der Waals surface area contributed by atoms with Crippen molar-refractivity contribution in [2.75, 3.05) is 19.8 Å². The molecule has 20 heavy (non-hydrogen) atoms. The summed E-state index contributed by atoms with van der Waals surface area (Å²) in [6.45, 7) is -0.604. The van der Waals surface area contributed by atoms with Crippen LogP contribution in [0.3, 0.4) is 0 Å². The van der Waals surface area contributed by atoms with Crippen molar-refractivity contribution in [3.05, 3.63) is 34.3 Å². The fourth-order valence-corrected chi connectivity index (χ4v) is 2.58. The fourth-order valence-electron chi connectivity index (χ4n) is 2.31. The lowest BCUT2D eigenvalue weighted by molar-refractivity contribution is -0.173. The predicted molar refractivity (Wildman–Crippen MR) is 74.8 cm³/mol. The van der Waals surface area contributed by atoms with Gasteiger partial charge in [0.2, 0.25) is 0 Å². The number of hydrogen-bond acceptors (Lipinski definition) is 2. The summed E-state index contributed by atoms with van der Waals surface area (Å²) in [5.74, 6) is 0.552. The largest absolute Gasteiger partial charge is 0.411 e. The third kappa shape index (κ3) is 5.07. The summed E-state index contributed by atoms with van der Waals surface area (Å²) in [6.07, 6.45) is -2.18. The monoisotopic (exact) mass is 351 g/mol. The molecule has 1 aliphatic rings. The molecule has 0 amide bonds. The lowest BCUT2D eigenvalue weighted by Gasteiger charge is -2.36. The Labute approximate surface area is 124 Å². The Morgan fingerprint density at radius 2 is 1.85 bits per heavy atom. The Bertz CT molecular complexity index is 415. The summed E-state index contributed by atoms with van der Waals surface area (Å²) in [5.41, 5.74) is 1.32. The first-order valence-electron chi connectivity index (χ1n) is 6.57. The van der Waals surface area contributed by atoms with E-state index in [2.05, 4.69) is 38.1 Å². The van der Waals surface area contributed by atoms with Crippen LogP contribution in [-0.4, -0.2) is 32.0 Å². The van der Waals surface area contributed by atoms with Gasteiger partial charge in [-0.2, -0.15) is 13.2 Å². The minimum absolute atomic E-state index is 0.0962. The number of rotatable bonds is 6. The molecule has 0 bridgehead atoms. The van der Waals surface area contributed by atoms with Crippen LogP contribution >= 0.6 is 15.9 Å². The molecule has 1 saturated carbocycles.